The van der Waals surface area contributed by atoms with Crippen LogP contribution in [0.5, 0.6) is 0 Å². The van der Waals surface area contributed by atoms with E-state index < -0.39 is 0 Å². The molecule has 11 heavy (non-hydrogen) atoms. The lowest BCUT2D eigenvalue weighted by atomic mass is 10.2. The van der Waals surface area contributed by atoms with Crippen molar-refractivity contribution in [1.29, 1.82) is 0 Å². The van der Waals surface area contributed by atoms with Crippen LogP contribution in [0.25, 0.3) is 0 Å². The lowest BCUT2D eigenvalue weighted by molar-refractivity contribution is 0.101. The first-order chi connectivity index (χ1) is 5.11. The molecule has 1 aromatic heterocycles. The van der Waals surface area contributed by atoms with E-state index >= 15 is 0 Å². The SMILES string of the molecule is CC(=O)c1cc(Br)ncc1Cl. The third kappa shape index (κ3) is 2.01. The van der Waals surface area contributed by atoms with Crippen LogP contribution in [-0.2, 0) is 0 Å². The Hall–Kier alpha value is -0.410. The molecule has 0 spiro atoms. The zero-order valence-corrected chi connectivity index (χ0v) is 8.11. The van der Waals surface area contributed by atoms with E-state index in [1.165, 1.54) is 13.1 Å². The Morgan fingerprint density at radius 2 is 2.36 bits per heavy atom. The lowest BCUT2D eigenvalue weighted by Gasteiger charge is -1.97. The second-order valence-electron chi connectivity index (χ2n) is 2.04. The highest BCUT2D eigenvalue weighted by Gasteiger charge is 2.05. The number of Topliss-reactive ketones (excluding diaryl/α,β-unsaturated/α-hetero) is 1. The van der Waals surface area contributed by atoms with Crippen molar-refractivity contribution in [3.8, 4) is 0 Å². The molecule has 4 heteroatoms. The van der Waals surface area contributed by atoms with Gasteiger partial charge in [0.1, 0.15) is 4.60 Å². The minimum absolute atomic E-state index is 0.0573. The monoisotopic (exact) mass is 233 g/mol. The molecular weight excluding hydrogens is 229 g/mol. The van der Waals surface area contributed by atoms with E-state index in [0.717, 1.165) is 0 Å². The summed E-state index contributed by atoms with van der Waals surface area (Å²) in [5.74, 6) is -0.0573. The second kappa shape index (κ2) is 3.32. The number of carbonyl (C=O) groups is 1. The summed E-state index contributed by atoms with van der Waals surface area (Å²) in [6, 6.07) is 1.60. The summed E-state index contributed by atoms with van der Waals surface area (Å²) in [5.41, 5.74) is 0.494. The van der Waals surface area contributed by atoms with E-state index in [1.54, 1.807) is 6.07 Å². The first-order valence-electron chi connectivity index (χ1n) is 2.93. The van der Waals surface area contributed by atoms with Crippen LogP contribution in [0.4, 0.5) is 0 Å². The van der Waals surface area contributed by atoms with E-state index in [2.05, 4.69) is 20.9 Å². The van der Waals surface area contributed by atoms with Crippen LogP contribution in [0.3, 0.4) is 0 Å². The molecule has 0 aliphatic heterocycles. The molecule has 1 rings (SSSR count). The third-order valence-electron chi connectivity index (χ3n) is 1.20. The number of pyridine rings is 1. The van der Waals surface area contributed by atoms with Crippen molar-refractivity contribution >= 4 is 33.3 Å². The minimum atomic E-state index is -0.0573. The molecule has 0 bridgehead atoms. The zero-order chi connectivity index (χ0) is 8.43. The number of ketones is 1. The van der Waals surface area contributed by atoms with E-state index in [9.17, 15) is 4.79 Å². The van der Waals surface area contributed by atoms with Gasteiger partial charge < -0.3 is 0 Å². The second-order valence-corrected chi connectivity index (χ2v) is 3.26. The van der Waals surface area contributed by atoms with Gasteiger partial charge in [0.2, 0.25) is 0 Å². The van der Waals surface area contributed by atoms with Crippen molar-refractivity contribution in [3.05, 3.63) is 27.5 Å². The van der Waals surface area contributed by atoms with Crippen molar-refractivity contribution in [2.45, 2.75) is 6.92 Å². The predicted molar refractivity (Wildman–Crippen MR) is 47.0 cm³/mol. The fraction of sp³-hybridized carbons (Fsp3) is 0.143. The molecule has 0 aliphatic rings. The van der Waals surface area contributed by atoms with Crippen molar-refractivity contribution in [2.75, 3.05) is 0 Å². The summed E-state index contributed by atoms with van der Waals surface area (Å²) in [7, 11) is 0. The number of hydrogen-bond acceptors (Lipinski definition) is 2. The van der Waals surface area contributed by atoms with Gasteiger partial charge in [-0.25, -0.2) is 4.98 Å². The van der Waals surface area contributed by atoms with Crippen molar-refractivity contribution in [1.82, 2.24) is 4.98 Å². The molecule has 58 valence electrons. The zero-order valence-electron chi connectivity index (χ0n) is 5.77. The van der Waals surface area contributed by atoms with Gasteiger partial charge in [-0.1, -0.05) is 11.6 Å². The molecule has 0 unspecified atom stereocenters. The van der Waals surface area contributed by atoms with Gasteiger partial charge in [0.25, 0.3) is 0 Å². The number of aromatic nitrogens is 1. The van der Waals surface area contributed by atoms with Crippen LogP contribution in [0, 0.1) is 0 Å². The average Bonchev–Trinajstić information content (AvgIpc) is 1.94. The summed E-state index contributed by atoms with van der Waals surface area (Å²) in [6.45, 7) is 1.47. The Morgan fingerprint density at radius 3 is 2.82 bits per heavy atom. The van der Waals surface area contributed by atoms with E-state index in [0.29, 0.717) is 15.2 Å². The Labute approximate surface area is 77.7 Å². The molecule has 1 aromatic rings. The molecule has 0 radical (unpaired) electrons. The largest absolute Gasteiger partial charge is 0.294 e. The molecule has 0 saturated carbocycles. The van der Waals surface area contributed by atoms with Gasteiger partial charge in [-0.05, 0) is 28.9 Å². The number of hydrogen-bond donors (Lipinski definition) is 0. The highest BCUT2D eigenvalue weighted by Crippen LogP contribution is 2.18. The first-order valence-corrected chi connectivity index (χ1v) is 4.10. The molecule has 0 atom stereocenters. The highest BCUT2D eigenvalue weighted by atomic mass is 79.9. The van der Waals surface area contributed by atoms with Gasteiger partial charge in [0.15, 0.2) is 5.78 Å². The van der Waals surface area contributed by atoms with Gasteiger partial charge in [-0.15, -0.1) is 0 Å². The summed E-state index contributed by atoms with van der Waals surface area (Å²) >= 11 is 8.83. The van der Waals surface area contributed by atoms with Gasteiger partial charge in [0.05, 0.1) is 5.02 Å². The molecule has 2 nitrogen and oxygen atoms in total. The lowest BCUT2D eigenvalue weighted by Crippen LogP contribution is -1.94. The molecule has 0 saturated heterocycles. The van der Waals surface area contributed by atoms with Gasteiger partial charge in [-0.2, -0.15) is 0 Å². The smallest absolute Gasteiger partial charge is 0.161 e. The van der Waals surface area contributed by atoms with Gasteiger partial charge in [-0.3, -0.25) is 4.79 Å². The van der Waals surface area contributed by atoms with Crippen LogP contribution in [0.15, 0.2) is 16.9 Å². The van der Waals surface area contributed by atoms with Crippen LogP contribution in [0.1, 0.15) is 17.3 Å². The number of carbonyl (C=O) groups excluding carboxylic acids is 1. The predicted octanol–water partition coefficient (Wildman–Crippen LogP) is 2.70. The molecular formula is C7H5BrClNO. The van der Waals surface area contributed by atoms with E-state index in [4.69, 9.17) is 11.6 Å². The van der Waals surface area contributed by atoms with Crippen molar-refractivity contribution in [3.63, 3.8) is 0 Å². The summed E-state index contributed by atoms with van der Waals surface area (Å²) in [5, 5.41) is 0.390. The molecule has 0 amide bonds. The fourth-order valence-corrected chi connectivity index (χ4v) is 1.25. The van der Waals surface area contributed by atoms with E-state index in [-0.39, 0.29) is 5.78 Å². The quantitative estimate of drug-likeness (QED) is 0.552. The van der Waals surface area contributed by atoms with Crippen LogP contribution in [0.2, 0.25) is 5.02 Å². The third-order valence-corrected chi connectivity index (χ3v) is 1.94. The van der Waals surface area contributed by atoms with E-state index in [1.807, 2.05) is 0 Å². The Bertz CT molecular complexity index is 300. The van der Waals surface area contributed by atoms with Crippen molar-refractivity contribution < 1.29 is 4.79 Å². The first kappa shape index (κ1) is 8.68. The van der Waals surface area contributed by atoms with Gasteiger partial charge >= 0.3 is 0 Å². The highest BCUT2D eigenvalue weighted by molar-refractivity contribution is 9.10. The molecule has 0 N–H and O–H groups in total. The molecule has 0 aliphatic carbocycles. The number of nitrogens with zero attached hydrogens (tertiary/aromatic N) is 1. The van der Waals surface area contributed by atoms with Crippen LogP contribution < -0.4 is 0 Å². The van der Waals surface area contributed by atoms with Crippen LogP contribution >= 0.6 is 27.5 Å². The van der Waals surface area contributed by atoms with Gasteiger partial charge in [0, 0.05) is 11.8 Å². The standard InChI is InChI=1S/C7H5BrClNO/c1-4(11)5-2-7(8)10-3-6(5)9/h2-3H,1H3. The maximum absolute atomic E-state index is 10.9. The maximum Gasteiger partial charge on any atom is 0.161 e. The number of rotatable bonds is 1. The molecule has 0 aromatic carbocycles. The Morgan fingerprint density at radius 1 is 1.73 bits per heavy atom. The maximum atomic E-state index is 10.9. The topological polar surface area (TPSA) is 30.0 Å². The summed E-state index contributed by atoms with van der Waals surface area (Å²) in [6.07, 6.45) is 1.45. The summed E-state index contributed by atoms with van der Waals surface area (Å²) < 4.78 is 0.618. The minimum Gasteiger partial charge on any atom is -0.294 e. The number of halogens is 2. The molecule has 0 fully saturated rings. The fourth-order valence-electron chi connectivity index (χ4n) is 0.683. The molecule has 1 heterocycles. The van der Waals surface area contributed by atoms with Crippen LogP contribution in [-0.4, -0.2) is 10.8 Å². The Kier molecular flexibility index (Phi) is 2.62. The average molecular weight is 234 g/mol. The summed E-state index contributed by atoms with van der Waals surface area (Å²) in [4.78, 5) is 14.7. The Balaban J connectivity index is 3.23. The van der Waals surface area contributed by atoms with Crippen molar-refractivity contribution in [2.24, 2.45) is 0 Å². The normalized spacial score (nSPS) is 9.73.